The Bertz CT molecular complexity index is 194. The first-order valence-corrected chi connectivity index (χ1v) is 5.04. The van der Waals surface area contributed by atoms with Crippen molar-refractivity contribution in [2.24, 2.45) is 0 Å². The van der Waals surface area contributed by atoms with Gasteiger partial charge in [-0.3, -0.25) is 0 Å². The molecule has 0 aliphatic rings. The molecule has 0 aromatic rings. The van der Waals surface area contributed by atoms with Gasteiger partial charge in [0.25, 0.3) is 0 Å². The summed E-state index contributed by atoms with van der Waals surface area (Å²) >= 11 is 0. The van der Waals surface area contributed by atoms with Gasteiger partial charge in [-0.05, 0) is 4.31 Å². The van der Waals surface area contributed by atoms with E-state index in [2.05, 4.69) is 15.4 Å². The maximum atomic E-state index is 10.4. The Morgan fingerprint density at radius 1 is 1.64 bits per heavy atom. The lowest BCUT2D eigenvalue weighted by atomic mass is 10.7. The number of phosphoric acid groups is 1. The van der Waals surface area contributed by atoms with Crippen LogP contribution in [0.3, 0.4) is 0 Å². The molecule has 0 aromatic heterocycles. The molecule has 0 heterocycles. The molecule has 8 heteroatoms. The molecule has 0 bridgehead atoms. The molecule has 2 N–H and O–H groups in total. The molecule has 0 saturated heterocycles. The average Bonchev–Trinajstić information content (AvgIpc) is 1.79. The van der Waals surface area contributed by atoms with Crippen molar-refractivity contribution in [2.75, 3.05) is 6.61 Å². The zero-order valence-electron chi connectivity index (χ0n) is 5.41. The predicted octanol–water partition coefficient (Wildman–Crippen LogP) is 0.956. The van der Waals surface area contributed by atoms with E-state index in [-0.39, 0.29) is 6.61 Å². The largest absolute Gasteiger partial charge is 0.708 e. The summed E-state index contributed by atoms with van der Waals surface area (Å²) in [6.07, 6.45) is 1.27. The van der Waals surface area contributed by atoms with Crippen LogP contribution in [0.1, 0.15) is 0 Å². The minimum atomic E-state index is -4.71. The van der Waals surface area contributed by atoms with Crippen LogP contribution in [0, 0.1) is 0 Å². The first-order valence-electron chi connectivity index (χ1n) is 2.42. The molecule has 0 rings (SSSR count). The molecular formula is C3H7O6P2+. The fraction of sp³-hybridized carbons (Fsp3) is 0.333. The summed E-state index contributed by atoms with van der Waals surface area (Å²) in [4.78, 5) is 16.2. The summed E-state index contributed by atoms with van der Waals surface area (Å²) in [5.41, 5.74) is 0. The van der Waals surface area contributed by atoms with E-state index >= 15 is 0 Å². The van der Waals surface area contributed by atoms with E-state index in [0.717, 1.165) is 0 Å². The normalized spacial score (nSPS) is 12.7. The second-order valence-corrected chi connectivity index (χ2v) is 3.72. The first kappa shape index (κ1) is 10.9. The third-order valence-corrected chi connectivity index (χ3v) is 2.21. The van der Waals surface area contributed by atoms with Crippen molar-refractivity contribution in [3.05, 3.63) is 12.7 Å². The fourth-order valence-electron chi connectivity index (χ4n) is 0.224. The zero-order chi connectivity index (χ0) is 8.91. The Kier molecular flexibility index (Phi) is 4.68. The molecule has 0 amide bonds. The quantitative estimate of drug-likeness (QED) is 0.508. The SMILES string of the molecule is C=CCO[P+](=O)OP(=O)(O)O. The number of hydrogen-bond donors (Lipinski definition) is 2. The molecule has 0 aromatic carbocycles. The van der Waals surface area contributed by atoms with Gasteiger partial charge in [0.2, 0.25) is 0 Å². The van der Waals surface area contributed by atoms with E-state index in [1.54, 1.807) is 0 Å². The molecule has 0 radical (unpaired) electrons. The Hall–Kier alpha value is -0.0900. The van der Waals surface area contributed by atoms with E-state index in [1.165, 1.54) is 6.08 Å². The minimum Gasteiger partial charge on any atom is -0.300 e. The smallest absolute Gasteiger partial charge is 0.300 e. The number of rotatable bonds is 5. The van der Waals surface area contributed by atoms with Crippen LogP contribution >= 0.6 is 16.1 Å². The molecule has 1 atom stereocenters. The summed E-state index contributed by atoms with van der Waals surface area (Å²) in [7, 11) is -7.46. The molecule has 1 unspecified atom stereocenters. The third-order valence-electron chi connectivity index (χ3n) is 0.471. The van der Waals surface area contributed by atoms with E-state index in [4.69, 9.17) is 9.79 Å². The summed E-state index contributed by atoms with van der Waals surface area (Å²) in [6.45, 7) is 3.14. The summed E-state index contributed by atoms with van der Waals surface area (Å²) in [6, 6.07) is 0. The maximum absolute atomic E-state index is 10.4. The van der Waals surface area contributed by atoms with Gasteiger partial charge in [0, 0.05) is 4.57 Å². The molecule has 0 fully saturated rings. The molecule has 11 heavy (non-hydrogen) atoms. The highest BCUT2D eigenvalue weighted by Crippen LogP contribution is 2.47. The molecule has 64 valence electrons. The van der Waals surface area contributed by atoms with Crippen LogP contribution in [-0.2, 0) is 18.0 Å². The second kappa shape index (κ2) is 4.72. The summed E-state index contributed by atoms with van der Waals surface area (Å²) < 4.78 is 28.3. The average molecular weight is 201 g/mol. The molecule has 0 aliphatic carbocycles. The third kappa shape index (κ3) is 7.81. The van der Waals surface area contributed by atoms with Crippen LogP contribution in [0.2, 0.25) is 0 Å². The van der Waals surface area contributed by atoms with Crippen molar-refractivity contribution >= 4 is 16.1 Å². The van der Waals surface area contributed by atoms with Crippen molar-refractivity contribution < 1.29 is 27.8 Å². The predicted molar refractivity (Wildman–Crippen MR) is 36.9 cm³/mol. The monoisotopic (exact) mass is 201 g/mol. The number of hydrogen-bond acceptors (Lipinski definition) is 4. The molecule has 0 saturated carbocycles. The molecular weight excluding hydrogens is 194 g/mol. The lowest BCUT2D eigenvalue weighted by Crippen LogP contribution is -1.83. The van der Waals surface area contributed by atoms with Crippen LogP contribution in [0.15, 0.2) is 12.7 Å². The van der Waals surface area contributed by atoms with Gasteiger partial charge < -0.3 is 9.79 Å². The van der Waals surface area contributed by atoms with Gasteiger partial charge in [-0.2, -0.15) is 0 Å². The van der Waals surface area contributed by atoms with Crippen LogP contribution in [0.5, 0.6) is 0 Å². The maximum Gasteiger partial charge on any atom is 0.708 e. The highest BCUT2D eigenvalue weighted by atomic mass is 31.2. The van der Waals surface area contributed by atoms with E-state index in [0.29, 0.717) is 0 Å². The van der Waals surface area contributed by atoms with Gasteiger partial charge in [-0.25, -0.2) is 4.57 Å². The van der Waals surface area contributed by atoms with Crippen LogP contribution in [0.25, 0.3) is 0 Å². The summed E-state index contributed by atoms with van der Waals surface area (Å²) in [5.74, 6) is 0. The lowest BCUT2D eigenvalue weighted by molar-refractivity contribution is 0.252. The van der Waals surface area contributed by atoms with E-state index in [1.807, 2.05) is 0 Å². The van der Waals surface area contributed by atoms with Crippen molar-refractivity contribution in [1.29, 1.82) is 0 Å². The van der Waals surface area contributed by atoms with E-state index < -0.39 is 16.1 Å². The van der Waals surface area contributed by atoms with Crippen LogP contribution < -0.4 is 0 Å². The van der Waals surface area contributed by atoms with Crippen molar-refractivity contribution in [2.45, 2.75) is 0 Å². The van der Waals surface area contributed by atoms with Crippen molar-refractivity contribution in [1.82, 2.24) is 0 Å². The van der Waals surface area contributed by atoms with Crippen molar-refractivity contribution in [3.8, 4) is 0 Å². The highest BCUT2D eigenvalue weighted by Gasteiger charge is 2.33. The second-order valence-electron chi connectivity index (χ2n) is 1.38. The van der Waals surface area contributed by atoms with Gasteiger partial charge in [0.15, 0.2) is 0 Å². The van der Waals surface area contributed by atoms with E-state index in [9.17, 15) is 9.13 Å². The molecule has 6 nitrogen and oxygen atoms in total. The van der Waals surface area contributed by atoms with Crippen LogP contribution in [-0.4, -0.2) is 16.4 Å². The lowest BCUT2D eigenvalue weighted by Gasteiger charge is -1.89. The Labute approximate surface area is 64.0 Å². The standard InChI is InChI=1S/C3H6O6P2/c1-2-3-8-10(4)9-11(5,6)7/h2H,1,3H2,(H-,5,6,7)/p+1. The molecule has 0 aliphatic heterocycles. The first-order chi connectivity index (χ1) is 4.95. The van der Waals surface area contributed by atoms with Gasteiger partial charge in [-0.1, -0.05) is 6.08 Å². The van der Waals surface area contributed by atoms with Gasteiger partial charge in [0.05, 0.1) is 0 Å². The Morgan fingerprint density at radius 3 is 2.55 bits per heavy atom. The van der Waals surface area contributed by atoms with Crippen LogP contribution in [0.4, 0.5) is 0 Å². The Morgan fingerprint density at radius 2 is 2.18 bits per heavy atom. The van der Waals surface area contributed by atoms with Gasteiger partial charge in [-0.15, -0.1) is 11.1 Å². The topological polar surface area (TPSA) is 93.1 Å². The van der Waals surface area contributed by atoms with Gasteiger partial charge >= 0.3 is 16.1 Å². The Balaban J connectivity index is 3.70. The fourth-order valence-corrected chi connectivity index (χ4v) is 1.33. The van der Waals surface area contributed by atoms with Gasteiger partial charge in [0.1, 0.15) is 6.61 Å². The molecule has 0 spiro atoms. The minimum absolute atomic E-state index is 0.0881. The summed E-state index contributed by atoms with van der Waals surface area (Å²) in [5, 5.41) is 0. The highest BCUT2D eigenvalue weighted by molar-refractivity contribution is 7.55. The zero-order valence-corrected chi connectivity index (χ0v) is 7.20. The van der Waals surface area contributed by atoms with Crippen molar-refractivity contribution in [3.63, 3.8) is 0 Å².